The SMILES string of the molecule is OC1(Cc2ccccc2)c2ccccc2-c2cccc[n+]21. The minimum absolute atomic E-state index is 0.562. The summed E-state index contributed by atoms with van der Waals surface area (Å²) >= 11 is 0. The molecule has 0 saturated carbocycles. The molecule has 1 aliphatic rings. The van der Waals surface area contributed by atoms with E-state index < -0.39 is 5.72 Å². The van der Waals surface area contributed by atoms with Gasteiger partial charge in [0.25, 0.3) is 0 Å². The van der Waals surface area contributed by atoms with Gasteiger partial charge in [0.1, 0.15) is 0 Å². The Balaban J connectivity index is 1.92. The van der Waals surface area contributed by atoms with Gasteiger partial charge < -0.3 is 5.11 Å². The number of aromatic nitrogens is 1. The highest BCUT2D eigenvalue weighted by molar-refractivity contribution is 5.65. The molecule has 0 radical (unpaired) electrons. The predicted octanol–water partition coefficient (Wildman–Crippen LogP) is 2.89. The summed E-state index contributed by atoms with van der Waals surface area (Å²) in [5.41, 5.74) is 3.25. The van der Waals surface area contributed by atoms with E-state index in [0.717, 1.165) is 22.4 Å². The molecule has 4 rings (SSSR count). The van der Waals surface area contributed by atoms with Crippen molar-refractivity contribution in [2.45, 2.75) is 12.1 Å². The molecule has 2 nitrogen and oxygen atoms in total. The maximum atomic E-state index is 11.4. The normalized spacial score (nSPS) is 19.1. The Morgan fingerprint density at radius 3 is 2.38 bits per heavy atom. The Labute approximate surface area is 123 Å². The fraction of sp³-hybridized carbons (Fsp3) is 0.105. The molecule has 0 aliphatic carbocycles. The Morgan fingerprint density at radius 1 is 0.810 bits per heavy atom. The number of nitrogens with zero attached hydrogens (tertiary/aromatic N) is 1. The molecule has 2 aromatic carbocycles. The minimum Gasteiger partial charge on any atom is -0.330 e. The van der Waals surface area contributed by atoms with E-state index in [4.69, 9.17) is 0 Å². The van der Waals surface area contributed by atoms with Crippen molar-refractivity contribution in [3.8, 4) is 11.3 Å². The van der Waals surface area contributed by atoms with Crippen LogP contribution in [0.25, 0.3) is 11.3 Å². The minimum atomic E-state index is -1.02. The molecule has 1 aliphatic heterocycles. The van der Waals surface area contributed by atoms with E-state index >= 15 is 0 Å². The smallest absolute Gasteiger partial charge is 0.302 e. The summed E-state index contributed by atoms with van der Waals surface area (Å²) < 4.78 is 1.98. The molecule has 0 spiro atoms. The second-order valence-electron chi connectivity index (χ2n) is 5.48. The number of hydrogen-bond donors (Lipinski definition) is 1. The third kappa shape index (κ3) is 1.80. The van der Waals surface area contributed by atoms with E-state index in [1.165, 1.54) is 0 Å². The van der Waals surface area contributed by atoms with Gasteiger partial charge in [0.2, 0.25) is 5.69 Å². The summed E-state index contributed by atoms with van der Waals surface area (Å²) in [6.45, 7) is 0. The first kappa shape index (κ1) is 12.3. The monoisotopic (exact) mass is 274 g/mol. The number of rotatable bonds is 2. The highest BCUT2D eigenvalue weighted by Crippen LogP contribution is 2.37. The molecule has 102 valence electrons. The summed E-state index contributed by atoms with van der Waals surface area (Å²) in [4.78, 5) is 0. The molecular weight excluding hydrogens is 258 g/mol. The molecule has 1 aromatic heterocycles. The van der Waals surface area contributed by atoms with Gasteiger partial charge in [-0.05, 0) is 23.8 Å². The van der Waals surface area contributed by atoms with E-state index in [0.29, 0.717) is 6.42 Å². The fourth-order valence-electron chi connectivity index (χ4n) is 3.23. The lowest BCUT2D eigenvalue weighted by atomic mass is 9.94. The first-order chi connectivity index (χ1) is 10.3. The zero-order valence-corrected chi connectivity index (χ0v) is 11.6. The molecule has 2 heteroatoms. The molecule has 2 heterocycles. The van der Waals surface area contributed by atoms with E-state index in [-0.39, 0.29) is 0 Å². The van der Waals surface area contributed by atoms with Gasteiger partial charge in [0.15, 0.2) is 6.20 Å². The molecular formula is C19H16NO+. The van der Waals surface area contributed by atoms with Crippen molar-refractivity contribution < 1.29 is 9.67 Å². The Kier molecular flexibility index (Phi) is 2.66. The van der Waals surface area contributed by atoms with E-state index in [9.17, 15) is 5.11 Å². The molecule has 0 bridgehead atoms. The van der Waals surface area contributed by atoms with Crippen LogP contribution in [0, 0.1) is 0 Å². The van der Waals surface area contributed by atoms with Gasteiger partial charge in [-0.25, -0.2) is 0 Å². The Morgan fingerprint density at radius 2 is 1.52 bits per heavy atom. The average molecular weight is 274 g/mol. The first-order valence-electron chi connectivity index (χ1n) is 7.16. The molecule has 1 unspecified atom stereocenters. The Bertz CT molecular complexity index is 750. The van der Waals surface area contributed by atoms with Crippen LogP contribution in [0.2, 0.25) is 0 Å². The zero-order chi connectivity index (χ0) is 14.3. The van der Waals surface area contributed by atoms with E-state index in [1.54, 1.807) is 0 Å². The van der Waals surface area contributed by atoms with Crippen molar-refractivity contribution >= 4 is 0 Å². The van der Waals surface area contributed by atoms with Crippen molar-refractivity contribution in [2.75, 3.05) is 0 Å². The van der Waals surface area contributed by atoms with Crippen molar-refractivity contribution in [1.82, 2.24) is 0 Å². The lowest BCUT2D eigenvalue weighted by molar-refractivity contribution is -0.780. The maximum absolute atomic E-state index is 11.4. The van der Waals surface area contributed by atoms with Crippen LogP contribution in [-0.4, -0.2) is 5.11 Å². The highest BCUT2D eigenvalue weighted by Gasteiger charge is 2.49. The van der Waals surface area contributed by atoms with Gasteiger partial charge in [0.05, 0.1) is 17.5 Å². The van der Waals surface area contributed by atoms with Crippen molar-refractivity contribution in [3.05, 3.63) is 90.1 Å². The highest BCUT2D eigenvalue weighted by atomic mass is 16.3. The summed E-state index contributed by atoms with van der Waals surface area (Å²) in [6, 6.07) is 24.3. The lowest BCUT2D eigenvalue weighted by Crippen LogP contribution is -2.55. The van der Waals surface area contributed by atoms with Crippen LogP contribution in [-0.2, 0) is 12.1 Å². The summed E-state index contributed by atoms with van der Waals surface area (Å²) in [5, 5.41) is 11.4. The van der Waals surface area contributed by atoms with Crippen LogP contribution in [0.15, 0.2) is 79.0 Å². The van der Waals surface area contributed by atoms with E-state index in [1.807, 2.05) is 59.3 Å². The second-order valence-corrected chi connectivity index (χ2v) is 5.48. The predicted molar refractivity (Wildman–Crippen MR) is 81.5 cm³/mol. The van der Waals surface area contributed by atoms with Crippen LogP contribution >= 0.6 is 0 Å². The number of aliphatic hydroxyl groups is 1. The number of benzene rings is 2. The number of pyridine rings is 1. The molecule has 3 aromatic rings. The topological polar surface area (TPSA) is 24.1 Å². The zero-order valence-electron chi connectivity index (χ0n) is 11.6. The summed E-state index contributed by atoms with van der Waals surface area (Å²) in [7, 11) is 0. The van der Waals surface area contributed by atoms with Gasteiger partial charge in [-0.1, -0.05) is 42.5 Å². The van der Waals surface area contributed by atoms with Crippen LogP contribution in [0.5, 0.6) is 0 Å². The van der Waals surface area contributed by atoms with Gasteiger partial charge >= 0.3 is 5.72 Å². The molecule has 0 saturated heterocycles. The molecule has 0 fully saturated rings. The van der Waals surface area contributed by atoms with Gasteiger partial charge in [-0.3, -0.25) is 0 Å². The van der Waals surface area contributed by atoms with Gasteiger partial charge in [-0.15, -0.1) is 0 Å². The van der Waals surface area contributed by atoms with Crippen molar-refractivity contribution in [2.24, 2.45) is 0 Å². The maximum Gasteiger partial charge on any atom is 0.302 e. The standard InChI is InChI=1S/C19H16NO/c21-19(14-15-8-2-1-3-9-15)17-11-5-4-10-16(17)18-12-6-7-13-20(18)19/h1-13,21H,14H2/q+1. The van der Waals surface area contributed by atoms with Gasteiger partial charge in [-0.2, -0.15) is 4.57 Å². The van der Waals surface area contributed by atoms with Crippen LogP contribution in [0.3, 0.4) is 0 Å². The largest absolute Gasteiger partial charge is 0.330 e. The van der Waals surface area contributed by atoms with Gasteiger partial charge in [0, 0.05) is 12.1 Å². The molecule has 0 amide bonds. The van der Waals surface area contributed by atoms with Crippen LogP contribution in [0.4, 0.5) is 0 Å². The first-order valence-corrected chi connectivity index (χ1v) is 7.16. The molecule has 1 N–H and O–H groups in total. The van der Waals surface area contributed by atoms with Crippen LogP contribution in [0.1, 0.15) is 11.1 Å². The fourth-order valence-corrected chi connectivity index (χ4v) is 3.23. The van der Waals surface area contributed by atoms with Crippen molar-refractivity contribution in [1.29, 1.82) is 0 Å². The van der Waals surface area contributed by atoms with Crippen molar-refractivity contribution in [3.63, 3.8) is 0 Å². The van der Waals surface area contributed by atoms with Crippen LogP contribution < -0.4 is 4.57 Å². The average Bonchev–Trinajstić information content (AvgIpc) is 2.79. The summed E-state index contributed by atoms with van der Waals surface area (Å²) in [5.74, 6) is 0. The second kappa shape index (κ2) is 4.54. The molecule has 21 heavy (non-hydrogen) atoms. The Hall–Kier alpha value is -2.45. The number of fused-ring (bicyclic) bond motifs is 3. The lowest BCUT2D eigenvalue weighted by Gasteiger charge is -2.19. The summed E-state index contributed by atoms with van der Waals surface area (Å²) in [6.07, 6.45) is 2.52. The third-order valence-electron chi connectivity index (χ3n) is 4.19. The number of hydrogen-bond acceptors (Lipinski definition) is 1. The molecule has 1 atom stereocenters. The quantitative estimate of drug-likeness (QED) is 0.714. The van der Waals surface area contributed by atoms with E-state index in [2.05, 4.69) is 24.3 Å². The third-order valence-corrected chi connectivity index (χ3v) is 4.19.